The van der Waals surface area contributed by atoms with Crippen molar-refractivity contribution in [3.8, 4) is 0 Å². The van der Waals surface area contributed by atoms with Gasteiger partial charge in [-0.1, -0.05) is 35.1 Å². The smallest absolute Gasteiger partial charge is 0.362 e. The van der Waals surface area contributed by atoms with Gasteiger partial charge in [0.05, 0.1) is 22.3 Å². The number of thiazole rings is 1. The zero-order valence-corrected chi connectivity index (χ0v) is 14.9. The van der Waals surface area contributed by atoms with Crippen LogP contribution in [-0.4, -0.2) is 27.7 Å². The van der Waals surface area contributed by atoms with Gasteiger partial charge in [0.1, 0.15) is 5.82 Å². The van der Waals surface area contributed by atoms with Crippen LogP contribution in [0.4, 0.5) is 22.7 Å². The molecule has 0 bridgehead atoms. The normalized spacial score (nSPS) is 20.4. The van der Waals surface area contributed by atoms with E-state index in [-0.39, 0.29) is 10.8 Å². The van der Waals surface area contributed by atoms with E-state index < -0.39 is 24.1 Å². The predicted octanol–water partition coefficient (Wildman–Crippen LogP) is 4.95. The lowest BCUT2D eigenvalue weighted by molar-refractivity contribution is -0.254. The minimum atomic E-state index is -4.99. The highest BCUT2D eigenvalue weighted by molar-refractivity contribution is 7.22. The van der Waals surface area contributed by atoms with Crippen LogP contribution in [0.3, 0.4) is 0 Å². The largest absolute Gasteiger partial charge is 0.438 e. The highest BCUT2D eigenvalue weighted by atomic mass is 35.5. The van der Waals surface area contributed by atoms with Gasteiger partial charge in [0.15, 0.2) is 0 Å². The van der Waals surface area contributed by atoms with Crippen molar-refractivity contribution in [2.24, 2.45) is 5.10 Å². The van der Waals surface area contributed by atoms with Crippen molar-refractivity contribution in [2.45, 2.75) is 18.3 Å². The first-order chi connectivity index (χ1) is 12.7. The molecule has 0 amide bonds. The van der Waals surface area contributed by atoms with Crippen molar-refractivity contribution < 1.29 is 22.7 Å². The third kappa shape index (κ3) is 3.05. The van der Waals surface area contributed by atoms with Crippen LogP contribution in [0.15, 0.2) is 47.6 Å². The van der Waals surface area contributed by atoms with Crippen molar-refractivity contribution in [2.75, 3.05) is 5.01 Å². The average Bonchev–Trinajstić information content (AvgIpc) is 3.16. The first kappa shape index (κ1) is 18.1. The molecular weight excluding hydrogens is 406 g/mol. The number of hydrazone groups is 1. The minimum absolute atomic E-state index is 0.0388. The van der Waals surface area contributed by atoms with E-state index in [0.717, 1.165) is 17.4 Å². The van der Waals surface area contributed by atoms with Crippen molar-refractivity contribution in [1.82, 2.24) is 4.98 Å². The predicted molar refractivity (Wildman–Crippen MR) is 95.7 cm³/mol. The second kappa shape index (κ2) is 6.15. The molecule has 1 N–H and O–H groups in total. The first-order valence-corrected chi connectivity index (χ1v) is 8.86. The number of rotatable bonds is 2. The minimum Gasteiger partial charge on any atom is -0.362 e. The first-order valence-electron chi connectivity index (χ1n) is 7.66. The molecule has 2 heterocycles. The Morgan fingerprint density at radius 2 is 1.85 bits per heavy atom. The summed E-state index contributed by atoms with van der Waals surface area (Å²) < 4.78 is 54.8. The van der Waals surface area contributed by atoms with Crippen LogP contribution >= 0.6 is 22.9 Å². The second-order valence-corrected chi connectivity index (χ2v) is 7.41. The number of halogens is 5. The third-order valence-electron chi connectivity index (χ3n) is 4.14. The van der Waals surface area contributed by atoms with Gasteiger partial charge in [-0.3, -0.25) is 0 Å². The van der Waals surface area contributed by atoms with Crippen molar-refractivity contribution in [3.05, 3.63) is 58.9 Å². The van der Waals surface area contributed by atoms with Gasteiger partial charge in [-0.05, 0) is 35.9 Å². The third-order valence-corrected chi connectivity index (χ3v) is 5.38. The van der Waals surface area contributed by atoms with Crippen LogP contribution < -0.4 is 5.01 Å². The lowest BCUT2D eigenvalue weighted by Crippen LogP contribution is -2.55. The van der Waals surface area contributed by atoms with Gasteiger partial charge in [0.25, 0.3) is 5.72 Å². The lowest BCUT2D eigenvalue weighted by Gasteiger charge is -2.32. The molecule has 10 heteroatoms. The number of nitrogens with zero attached hydrogens (tertiary/aromatic N) is 3. The molecule has 1 unspecified atom stereocenters. The molecule has 1 aromatic heterocycles. The fourth-order valence-corrected chi connectivity index (χ4v) is 3.88. The summed E-state index contributed by atoms with van der Waals surface area (Å²) in [5.74, 6) is -0.532. The Hall–Kier alpha value is -2.23. The highest BCUT2D eigenvalue weighted by Gasteiger charge is 2.62. The van der Waals surface area contributed by atoms with E-state index in [1.165, 1.54) is 36.4 Å². The Morgan fingerprint density at radius 1 is 1.15 bits per heavy atom. The Bertz CT molecular complexity index is 1050. The number of hydrogen-bond acceptors (Lipinski definition) is 5. The summed E-state index contributed by atoms with van der Waals surface area (Å²) in [5.41, 5.74) is -2.50. The SMILES string of the molecule is OC1(C(F)(F)F)CC(c2ccc(Cl)cc2)=NN1c1nc2ccc(F)cc2s1. The van der Waals surface area contributed by atoms with Gasteiger partial charge in [-0.25, -0.2) is 9.37 Å². The summed E-state index contributed by atoms with van der Waals surface area (Å²) in [5, 5.41) is 15.1. The number of aromatic nitrogens is 1. The van der Waals surface area contributed by atoms with E-state index >= 15 is 0 Å². The molecule has 0 aliphatic carbocycles. The van der Waals surface area contributed by atoms with E-state index in [1.54, 1.807) is 0 Å². The van der Waals surface area contributed by atoms with Crippen LogP contribution in [-0.2, 0) is 0 Å². The number of hydrogen-bond donors (Lipinski definition) is 1. The molecule has 2 aromatic carbocycles. The van der Waals surface area contributed by atoms with Gasteiger partial charge in [-0.2, -0.15) is 23.3 Å². The summed E-state index contributed by atoms with van der Waals surface area (Å²) in [6, 6.07) is 9.78. The molecule has 3 aromatic rings. The monoisotopic (exact) mass is 415 g/mol. The summed E-state index contributed by atoms with van der Waals surface area (Å²) in [4.78, 5) is 4.08. The molecule has 0 radical (unpaired) electrons. The van der Waals surface area contributed by atoms with Gasteiger partial charge in [-0.15, -0.1) is 0 Å². The molecule has 0 saturated heterocycles. The molecule has 0 spiro atoms. The maximum absolute atomic E-state index is 13.7. The molecular formula is C17H10ClF4N3OS. The summed E-state index contributed by atoms with van der Waals surface area (Å²) in [7, 11) is 0. The molecule has 27 heavy (non-hydrogen) atoms. The maximum atomic E-state index is 13.7. The molecule has 0 saturated carbocycles. The summed E-state index contributed by atoms with van der Waals surface area (Å²) in [6.07, 6.45) is -5.77. The Kier molecular flexibility index (Phi) is 4.13. The van der Waals surface area contributed by atoms with Gasteiger partial charge in [0, 0.05) is 5.02 Å². The quantitative estimate of drug-likeness (QED) is 0.602. The summed E-state index contributed by atoms with van der Waals surface area (Å²) >= 11 is 6.62. The van der Waals surface area contributed by atoms with E-state index in [2.05, 4.69) is 10.1 Å². The van der Waals surface area contributed by atoms with Crippen LogP contribution in [0.2, 0.25) is 5.02 Å². The highest BCUT2D eigenvalue weighted by Crippen LogP contribution is 2.45. The van der Waals surface area contributed by atoms with Crippen molar-refractivity contribution >= 4 is 44.0 Å². The van der Waals surface area contributed by atoms with Crippen LogP contribution in [0.5, 0.6) is 0 Å². The Labute approximate surface area is 159 Å². The number of alkyl halides is 3. The van der Waals surface area contributed by atoms with Crippen molar-refractivity contribution in [3.63, 3.8) is 0 Å². The van der Waals surface area contributed by atoms with Crippen LogP contribution in [0, 0.1) is 5.82 Å². The van der Waals surface area contributed by atoms with Gasteiger partial charge in [0.2, 0.25) is 5.13 Å². The second-order valence-electron chi connectivity index (χ2n) is 5.97. The molecule has 0 fully saturated rings. The molecule has 4 rings (SSSR count). The lowest BCUT2D eigenvalue weighted by atomic mass is 10.0. The number of anilines is 1. The summed E-state index contributed by atoms with van der Waals surface area (Å²) in [6.45, 7) is 0. The number of fused-ring (bicyclic) bond motifs is 1. The average molecular weight is 416 g/mol. The van der Waals surface area contributed by atoms with E-state index in [0.29, 0.717) is 25.8 Å². The number of aliphatic hydroxyl groups is 1. The van der Waals surface area contributed by atoms with Gasteiger partial charge < -0.3 is 5.11 Å². The zero-order chi connectivity index (χ0) is 19.4. The van der Waals surface area contributed by atoms with Crippen LogP contribution in [0.1, 0.15) is 12.0 Å². The molecule has 1 aliphatic rings. The fraction of sp³-hybridized carbons (Fsp3) is 0.176. The standard InChI is InChI=1S/C17H10ClF4N3OS/c18-10-3-1-9(2-4-10)13-8-16(26,17(20,21)22)25(24-13)15-23-12-6-5-11(19)7-14(12)27-15/h1-7,26H,8H2. The number of benzene rings is 2. The fourth-order valence-electron chi connectivity index (χ4n) is 2.75. The zero-order valence-electron chi connectivity index (χ0n) is 13.3. The Morgan fingerprint density at radius 3 is 2.52 bits per heavy atom. The van der Waals surface area contributed by atoms with Gasteiger partial charge >= 0.3 is 6.18 Å². The Balaban J connectivity index is 1.83. The topological polar surface area (TPSA) is 48.7 Å². The molecule has 1 atom stereocenters. The van der Waals surface area contributed by atoms with E-state index in [1.807, 2.05) is 0 Å². The van der Waals surface area contributed by atoms with E-state index in [9.17, 15) is 22.7 Å². The maximum Gasteiger partial charge on any atom is 0.438 e. The molecule has 4 nitrogen and oxygen atoms in total. The van der Waals surface area contributed by atoms with Crippen LogP contribution in [0.25, 0.3) is 10.2 Å². The molecule has 140 valence electrons. The molecule has 1 aliphatic heterocycles. The van der Waals surface area contributed by atoms with Crippen molar-refractivity contribution in [1.29, 1.82) is 0 Å². The van der Waals surface area contributed by atoms with E-state index in [4.69, 9.17) is 11.6 Å².